The van der Waals surface area contributed by atoms with Gasteiger partial charge in [0.15, 0.2) is 5.75 Å². The molecule has 1 N–H and O–H groups in total. The molecule has 0 aliphatic heterocycles. The predicted octanol–water partition coefficient (Wildman–Crippen LogP) is -1.04. The van der Waals surface area contributed by atoms with Gasteiger partial charge in [0.05, 0.1) is 7.11 Å². The van der Waals surface area contributed by atoms with Crippen LogP contribution in [0.2, 0.25) is 0 Å². The summed E-state index contributed by atoms with van der Waals surface area (Å²) >= 11 is 0. The third kappa shape index (κ3) is 5.42. The zero-order valence-corrected chi connectivity index (χ0v) is 13.3. The fourth-order valence-electron chi connectivity index (χ4n) is 1.03. The van der Waals surface area contributed by atoms with Crippen molar-refractivity contribution in [2.24, 2.45) is 0 Å². The van der Waals surface area contributed by atoms with Gasteiger partial charge in [0, 0.05) is 6.07 Å². The van der Waals surface area contributed by atoms with Crippen LogP contribution >= 0.6 is 0 Å². The fraction of sp³-hybridized carbons (Fsp3) is 0.250. The van der Waals surface area contributed by atoms with Gasteiger partial charge in [-0.25, -0.2) is 0 Å². The minimum Gasteiger partial charge on any atom is -1.00 e. The molecule has 0 atom stereocenters. The molecule has 0 saturated carbocycles. The number of rotatable bonds is 3. The van der Waals surface area contributed by atoms with Crippen LogP contribution in [0, 0.1) is 0 Å². The Labute approximate surface area is 145 Å². The number of hydrogen-bond donors (Lipinski definition) is 1. The molecule has 1 aromatic carbocycles. The molecule has 0 aromatic heterocycles. The van der Waals surface area contributed by atoms with E-state index >= 15 is 0 Å². The maximum atomic E-state index is 12.0. The van der Waals surface area contributed by atoms with Gasteiger partial charge in [-0.05, 0) is 12.1 Å². The van der Waals surface area contributed by atoms with Crippen LogP contribution in [0.1, 0.15) is 1.43 Å². The Morgan fingerprint density at radius 3 is 2.28 bits per heavy atom. The van der Waals surface area contributed by atoms with Gasteiger partial charge in [-0.2, -0.15) is 8.42 Å². The monoisotopic (exact) mass is 312 g/mol. The van der Waals surface area contributed by atoms with Crippen molar-refractivity contribution in [1.82, 2.24) is 0 Å². The first kappa shape index (κ1) is 18.2. The molecule has 0 radical (unpaired) electrons. The van der Waals surface area contributed by atoms with Crippen LogP contribution < -0.4 is 60.9 Å². The summed E-state index contributed by atoms with van der Waals surface area (Å²) in [6.07, 6.45) is -5.08. The fourth-order valence-corrected chi connectivity index (χ4v) is 1.63. The van der Waals surface area contributed by atoms with Gasteiger partial charge in [-0.3, -0.25) is 4.55 Å². The van der Waals surface area contributed by atoms with Crippen molar-refractivity contribution < 1.29 is 88.4 Å². The number of benzene rings is 1. The van der Waals surface area contributed by atoms with E-state index in [9.17, 15) is 21.6 Å². The molecule has 18 heavy (non-hydrogen) atoms. The molecule has 0 aliphatic carbocycles. The van der Waals surface area contributed by atoms with Gasteiger partial charge in [0.2, 0.25) is 0 Å². The molecule has 0 saturated heterocycles. The molecule has 0 amide bonds. The van der Waals surface area contributed by atoms with E-state index in [1.54, 1.807) is 0 Å². The smallest absolute Gasteiger partial charge is 1.00 e. The number of ether oxygens (including phenoxy) is 2. The van der Waals surface area contributed by atoms with Crippen molar-refractivity contribution in [1.29, 1.82) is 0 Å². The summed E-state index contributed by atoms with van der Waals surface area (Å²) in [6, 6.07) is 2.53. The molecule has 1 rings (SSSR count). The molecule has 0 aliphatic rings. The Hall–Kier alpha value is 0.156. The van der Waals surface area contributed by atoms with Crippen LogP contribution in [-0.4, -0.2) is 26.4 Å². The van der Waals surface area contributed by atoms with Crippen LogP contribution in [0.5, 0.6) is 11.5 Å². The normalized spacial score (nSPS) is 11.6. The minimum absolute atomic E-state index is 0. The van der Waals surface area contributed by atoms with Gasteiger partial charge in [-0.1, -0.05) is 0 Å². The Kier molecular flexibility index (Phi) is 6.60. The molecule has 0 heterocycles. The molecule has 0 bridgehead atoms. The van der Waals surface area contributed by atoms with E-state index in [2.05, 4.69) is 9.47 Å². The third-order valence-corrected chi connectivity index (χ3v) is 2.55. The van der Waals surface area contributed by atoms with Crippen molar-refractivity contribution in [2.45, 2.75) is 11.3 Å². The van der Waals surface area contributed by atoms with E-state index in [4.69, 9.17) is 4.55 Å². The second kappa shape index (κ2) is 6.55. The van der Waals surface area contributed by atoms with E-state index < -0.39 is 27.1 Å². The Bertz CT molecular complexity index is 520. The summed E-state index contributed by atoms with van der Waals surface area (Å²) in [4.78, 5) is -0.990. The Balaban J connectivity index is 0. The van der Waals surface area contributed by atoms with Crippen molar-refractivity contribution >= 4 is 10.1 Å². The van der Waals surface area contributed by atoms with Crippen molar-refractivity contribution in [3.63, 3.8) is 0 Å². The molecule has 98 valence electrons. The number of methoxy groups -OCH3 is 1. The summed E-state index contributed by atoms with van der Waals surface area (Å²) in [5.41, 5.74) is 0. The Morgan fingerprint density at radius 1 is 1.33 bits per heavy atom. The van der Waals surface area contributed by atoms with Crippen LogP contribution in [-0.2, 0) is 10.1 Å². The van der Waals surface area contributed by atoms with Crippen LogP contribution in [0.15, 0.2) is 23.1 Å². The zero-order valence-electron chi connectivity index (χ0n) is 10.4. The van der Waals surface area contributed by atoms with Crippen LogP contribution in [0.3, 0.4) is 0 Å². The van der Waals surface area contributed by atoms with E-state index in [1.807, 2.05) is 0 Å². The summed E-state index contributed by atoms with van der Waals surface area (Å²) < 4.78 is 74.4. The first-order valence-electron chi connectivity index (χ1n) is 4.05. The largest absolute Gasteiger partial charge is 1.00 e. The zero-order chi connectivity index (χ0) is 13.3. The first-order valence-corrected chi connectivity index (χ1v) is 5.49. The molecule has 0 unspecified atom stereocenters. The second-order valence-corrected chi connectivity index (χ2v) is 4.23. The molecular formula is C8H8F3KO5S. The Morgan fingerprint density at radius 2 is 1.89 bits per heavy atom. The maximum Gasteiger partial charge on any atom is 1.00 e. The quantitative estimate of drug-likeness (QED) is 0.570. The number of alkyl halides is 3. The maximum absolute atomic E-state index is 12.0. The van der Waals surface area contributed by atoms with E-state index in [0.29, 0.717) is 6.07 Å². The SMILES string of the molecule is COc1ccc(S(=O)(=O)O)c(OC(F)(F)F)c1.[H-].[K+]. The van der Waals surface area contributed by atoms with Crippen molar-refractivity contribution in [3.8, 4) is 11.5 Å². The van der Waals surface area contributed by atoms with Gasteiger partial charge in [-0.15, -0.1) is 13.2 Å². The van der Waals surface area contributed by atoms with Crippen LogP contribution in [0.4, 0.5) is 13.2 Å². The number of halogens is 3. The minimum atomic E-state index is -5.08. The molecular weight excluding hydrogens is 304 g/mol. The summed E-state index contributed by atoms with van der Waals surface area (Å²) in [5.74, 6) is -1.10. The van der Waals surface area contributed by atoms with E-state index in [-0.39, 0.29) is 58.6 Å². The summed E-state index contributed by atoms with van der Waals surface area (Å²) in [5, 5.41) is 0. The van der Waals surface area contributed by atoms with Crippen molar-refractivity contribution in [2.75, 3.05) is 7.11 Å². The molecule has 0 fully saturated rings. The van der Waals surface area contributed by atoms with E-state index in [1.165, 1.54) is 7.11 Å². The molecule has 1 aromatic rings. The summed E-state index contributed by atoms with van der Waals surface area (Å²) in [7, 11) is -3.63. The van der Waals surface area contributed by atoms with Crippen LogP contribution in [0.25, 0.3) is 0 Å². The third-order valence-electron chi connectivity index (χ3n) is 1.65. The topological polar surface area (TPSA) is 72.8 Å². The van der Waals surface area contributed by atoms with Gasteiger partial charge in [0.1, 0.15) is 10.6 Å². The predicted molar refractivity (Wildman–Crippen MR) is 50.6 cm³/mol. The average molecular weight is 312 g/mol. The molecule has 0 spiro atoms. The molecule has 5 nitrogen and oxygen atoms in total. The average Bonchev–Trinajstić information content (AvgIpc) is 2.13. The summed E-state index contributed by atoms with van der Waals surface area (Å²) in [6.45, 7) is 0. The molecule has 10 heteroatoms. The number of hydrogen-bond acceptors (Lipinski definition) is 4. The van der Waals surface area contributed by atoms with Gasteiger partial charge in [0.25, 0.3) is 10.1 Å². The van der Waals surface area contributed by atoms with Gasteiger partial charge < -0.3 is 10.9 Å². The van der Waals surface area contributed by atoms with Crippen molar-refractivity contribution in [3.05, 3.63) is 18.2 Å². The van der Waals surface area contributed by atoms with Gasteiger partial charge >= 0.3 is 57.7 Å². The second-order valence-electron chi connectivity index (χ2n) is 2.84. The first-order chi connectivity index (χ1) is 7.63. The standard InChI is InChI=1S/C8H7F3O5S.K.H/c1-15-5-2-3-7(17(12,13)14)6(4-5)16-8(9,10)11;;/h2-4H,1H3,(H,12,13,14);;/q;+1;-1. The van der Waals surface area contributed by atoms with E-state index in [0.717, 1.165) is 12.1 Å².